The molecule has 8 N–H and O–H groups in total. The van der Waals surface area contributed by atoms with Crippen LogP contribution < -0.4 is 10.6 Å². The van der Waals surface area contributed by atoms with Crippen LogP contribution >= 0.6 is 0 Å². The maximum Gasteiger partial charge on any atom is 0.317 e. The molecule has 1 aliphatic rings. The molecule has 0 aromatic carbocycles. The van der Waals surface area contributed by atoms with Gasteiger partial charge in [-0.3, -0.25) is 14.9 Å². The number of aliphatic hydroxyl groups excluding tert-OH is 4. The molecule has 1 fully saturated rings. The quantitative estimate of drug-likeness (QED) is 0.211. The van der Waals surface area contributed by atoms with E-state index in [-0.39, 0.29) is 26.0 Å². The van der Waals surface area contributed by atoms with Gasteiger partial charge in [0.05, 0.1) is 43.5 Å². The van der Waals surface area contributed by atoms with Gasteiger partial charge in [-0.15, -0.1) is 0 Å². The number of carbonyl (C=O) groups is 2. The molecular weight excluding hydrogens is 312 g/mol. The highest BCUT2D eigenvalue weighted by Gasteiger charge is 2.48. The average Bonchev–Trinajstić information content (AvgIpc) is 2.46. The maximum absolute atomic E-state index is 10.7. The Balaban J connectivity index is 2.90. The summed E-state index contributed by atoms with van der Waals surface area (Å²) in [5, 5.41) is 62.4. The lowest BCUT2D eigenvalue weighted by atomic mass is 9.73. The van der Waals surface area contributed by atoms with E-state index in [2.05, 4.69) is 10.6 Å². The molecule has 0 heterocycles. The molecule has 0 aliphatic heterocycles. The van der Waals surface area contributed by atoms with Crippen LogP contribution in [0.3, 0.4) is 0 Å². The monoisotopic (exact) mass is 336 g/mol. The van der Waals surface area contributed by atoms with Crippen molar-refractivity contribution in [3.8, 4) is 0 Å². The number of nitrogens with one attached hydrogen (secondary N) is 2. The van der Waals surface area contributed by atoms with E-state index in [1.54, 1.807) is 0 Å². The first-order chi connectivity index (χ1) is 10.8. The van der Waals surface area contributed by atoms with E-state index in [1.165, 1.54) is 0 Å². The smallest absolute Gasteiger partial charge is 0.317 e. The van der Waals surface area contributed by atoms with Crippen molar-refractivity contribution >= 4 is 11.9 Å². The summed E-state index contributed by atoms with van der Waals surface area (Å²) in [5.74, 6) is -3.14. The lowest BCUT2D eigenvalue weighted by Gasteiger charge is -2.46. The third-order valence-corrected chi connectivity index (χ3v) is 4.02. The highest BCUT2D eigenvalue weighted by Crippen LogP contribution is 2.30. The molecule has 1 rings (SSSR count). The van der Waals surface area contributed by atoms with Crippen LogP contribution in [0.5, 0.6) is 0 Å². The van der Waals surface area contributed by atoms with Gasteiger partial charge < -0.3 is 36.0 Å². The first-order valence-corrected chi connectivity index (χ1v) is 7.35. The van der Waals surface area contributed by atoms with E-state index in [4.69, 9.17) is 15.3 Å². The topological polar surface area (TPSA) is 180 Å². The summed E-state index contributed by atoms with van der Waals surface area (Å²) >= 11 is 0. The summed E-state index contributed by atoms with van der Waals surface area (Å²) in [6, 6.07) is -1.99. The molecule has 10 nitrogen and oxygen atoms in total. The molecule has 0 aromatic heterocycles. The second-order valence-electron chi connectivity index (χ2n) is 5.57. The van der Waals surface area contributed by atoms with Gasteiger partial charge in [0, 0.05) is 18.9 Å². The van der Waals surface area contributed by atoms with Crippen LogP contribution in [0.4, 0.5) is 0 Å². The first kappa shape index (κ1) is 19.7. The summed E-state index contributed by atoms with van der Waals surface area (Å²) in [5.41, 5.74) is 0. The third-order valence-electron chi connectivity index (χ3n) is 4.02. The average molecular weight is 336 g/mol. The number of carboxylic acids is 2. The van der Waals surface area contributed by atoms with E-state index >= 15 is 0 Å². The Morgan fingerprint density at radius 1 is 0.870 bits per heavy atom. The fourth-order valence-corrected chi connectivity index (χ4v) is 2.91. The Hall–Kier alpha value is -1.30. The number of carboxylic acid groups (broad SMARTS) is 2. The van der Waals surface area contributed by atoms with Crippen LogP contribution in [0, 0.1) is 5.92 Å². The Morgan fingerprint density at radius 3 is 1.91 bits per heavy atom. The number of rotatable bonds is 9. The first-order valence-electron chi connectivity index (χ1n) is 7.35. The zero-order valence-corrected chi connectivity index (χ0v) is 12.5. The SMILES string of the molecule is O=C(O)CC[C@H]1[C@@H](O)[C@@H](NCC(=O)O)[C@@H](O)[C@@H](NCCO)[C@H]1O. The van der Waals surface area contributed by atoms with Crippen LogP contribution in [0.1, 0.15) is 12.8 Å². The van der Waals surface area contributed by atoms with Crippen LogP contribution in [0.2, 0.25) is 0 Å². The molecule has 10 heteroatoms. The van der Waals surface area contributed by atoms with Crippen LogP contribution in [-0.2, 0) is 9.59 Å². The summed E-state index contributed by atoms with van der Waals surface area (Å²) in [7, 11) is 0. The largest absolute Gasteiger partial charge is 0.481 e. The van der Waals surface area contributed by atoms with Crippen molar-refractivity contribution in [3.05, 3.63) is 0 Å². The van der Waals surface area contributed by atoms with Gasteiger partial charge in [-0.25, -0.2) is 0 Å². The maximum atomic E-state index is 10.7. The zero-order chi connectivity index (χ0) is 17.6. The number of hydrogen-bond donors (Lipinski definition) is 8. The molecule has 1 saturated carbocycles. The van der Waals surface area contributed by atoms with E-state index in [0.717, 1.165) is 0 Å². The molecule has 0 spiro atoms. The molecule has 0 bridgehead atoms. The second kappa shape index (κ2) is 9.11. The molecule has 0 unspecified atom stereocenters. The van der Waals surface area contributed by atoms with Crippen molar-refractivity contribution in [2.75, 3.05) is 19.7 Å². The van der Waals surface area contributed by atoms with Crippen LogP contribution in [0.15, 0.2) is 0 Å². The zero-order valence-electron chi connectivity index (χ0n) is 12.5. The summed E-state index contributed by atoms with van der Waals surface area (Å²) in [6.45, 7) is -0.676. The molecule has 1 aliphatic carbocycles. The third kappa shape index (κ3) is 5.37. The molecule has 0 aromatic rings. The fourth-order valence-electron chi connectivity index (χ4n) is 2.91. The lowest BCUT2D eigenvalue weighted by molar-refractivity contribution is -0.141. The predicted molar refractivity (Wildman–Crippen MR) is 76.7 cm³/mol. The van der Waals surface area contributed by atoms with Gasteiger partial charge in [-0.2, -0.15) is 0 Å². The highest BCUT2D eigenvalue weighted by atomic mass is 16.4. The van der Waals surface area contributed by atoms with Crippen molar-refractivity contribution in [2.24, 2.45) is 5.92 Å². The van der Waals surface area contributed by atoms with Gasteiger partial charge in [-0.1, -0.05) is 0 Å². The standard InChI is InChI=1S/C13H24N2O8/c16-4-3-14-9-11(21)6(1-2-7(17)18)12(22)10(13(9)23)15-5-8(19)20/h6,9-16,21-23H,1-5H2,(H,17,18)(H,19,20)/t6-,9+,10-,11+,12-,13+/m1/s1. The summed E-state index contributed by atoms with van der Waals surface area (Å²) in [4.78, 5) is 21.4. The second-order valence-corrected chi connectivity index (χ2v) is 5.57. The van der Waals surface area contributed by atoms with Crippen molar-refractivity contribution in [2.45, 2.75) is 43.2 Å². The van der Waals surface area contributed by atoms with E-state index in [9.17, 15) is 24.9 Å². The minimum absolute atomic E-state index is 0.0348. The minimum Gasteiger partial charge on any atom is -0.481 e. The van der Waals surface area contributed by atoms with Gasteiger partial charge in [-0.05, 0) is 6.42 Å². The van der Waals surface area contributed by atoms with Crippen molar-refractivity contribution in [1.82, 2.24) is 10.6 Å². The van der Waals surface area contributed by atoms with Gasteiger partial charge in [0.15, 0.2) is 0 Å². The molecule has 6 atom stereocenters. The highest BCUT2D eigenvalue weighted by molar-refractivity contribution is 5.69. The Bertz CT molecular complexity index is 375. The lowest BCUT2D eigenvalue weighted by Crippen LogP contribution is -2.69. The van der Waals surface area contributed by atoms with Crippen molar-refractivity contribution < 1.29 is 40.2 Å². The van der Waals surface area contributed by atoms with E-state index in [1.807, 2.05) is 0 Å². The molecule has 0 radical (unpaired) electrons. The van der Waals surface area contributed by atoms with Gasteiger partial charge >= 0.3 is 11.9 Å². The molecular formula is C13H24N2O8. The van der Waals surface area contributed by atoms with Crippen molar-refractivity contribution in [1.29, 1.82) is 0 Å². The van der Waals surface area contributed by atoms with E-state index < -0.39 is 54.8 Å². The summed E-state index contributed by atoms with van der Waals surface area (Å²) in [6.07, 6.45) is -4.19. The molecule has 134 valence electrons. The van der Waals surface area contributed by atoms with E-state index in [0.29, 0.717) is 0 Å². The number of hydrogen-bond acceptors (Lipinski definition) is 8. The molecule has 23 heavy (non-hydrogen) atoms. The summed E-state index contributed by atoms with van der Waals surface area (Å²) < 4.78 is 0. The fraction of sp³-hybridized carbons (Fsp3) is 0.846. The van der Waals surface area contributed by atoms with Gasteiger partial charge in [0.25, 0.3) is 0 Å². The minimum atomic E-state index is -1.31. The number of aliphatic hydroxyl groups is 4. The molecule has 0 amide bonds. The predicted octanol–water partition coefficient (Wildman–Crippen LogP) is -3.44. The number of aliphatic carboxylic acids is 2. The Morgan fingerprint density at radius 2 is 1.43 bits per heavy atom. The van der Waals surface area contributed by atoms with Gasteiger partial charge in [0.2, 0.25) is 0 Å². The van der Waals surface area contributed by atoms with Crippen LogP contribution in [-0.4, -0.2) is 92.7 Å². The normalized spacial score (nSPS) is 34.3. The Labute approximate surface area is 132 Å². The molecule has 0 saturated heterocycles. The van der Waals surface area contributed by atoms with Crippen molar-refractivity contribution in [3.63, 3.8) is 0 Å². The van der Waals surface area contributed by atoms with Gasteiger partial charge in [0.1, 0.15) is 0 Å². The Kier molecular flexibility index (Phi) is 7.82. The van der Waals surface area contributed by atoms with Crippen LogP contribution in [0.25, 0.3) is 0 Å².